The van der Waals surface area contributed by atoms with Crippen molar-refractivity contribution >= 4 is 56.6 Å². The van der Waals surface area contributed by atoms with Crippen LogP contribution in [-0.4, -0.2) is 43.5 Å². The lowest BCUT2D eigenvalue weighted by Gasteiger charge is -2.28. The molecule has 1 atom stereocenters. The number of aryl methyl sites for hydroxylation is 1. The average Bonchev–Trinajstić information content (AvgIpc) is 3.04. The van der Waals surface area contributed by atoms with Gasteiger partial charge in [0.15, 0.2) is 5.25 Å². The highest BCUT2D eigenvalue weighted by molar-refractivity contribution is 8.01. The van der Waals surface area contributed by atoms with Gasteiger partial charge in [-0.05, 0) is 61.7 Å². The molecule has 2 aliphatic rings. The van der Waals surface area contributed by atoms with E-state index in [1.54, 1.807) is 36.1 Å². The Kier molecular flexibility index (Phi) is 6.69. The number of anilines is 2. The van der Waals surface area contributed by atoms with E-state index in [1.165, 1.54) is 23.9 Å². The van der Waals surface area contributed by atoms with E-state index in [4.69, 9.17) is 11.6 Å². The highest BCUT2D eigenvalue weighted by Crippen LogP contribution is 2.38. The number of rotatable bonds is 4. The SMILES string of the molecule is Cc1cc(Cl)ccc1NS(=O)(=O)c1ccc2c(c1)NC(=O)C(C(=O)N1CCCCCC1)S2. The molecular weight excluding hydrogens is 470 g/mol. The summed E-state index contributed by atoms with van der Waals surface area (Å²) in [6, 6.07) is 9.41. The van der Waals surface area contributed by atoms with Gasteiger partial charge in [0, 0.05) is 23.0 Å². The van der Waals surface area contributed by atoms with Gasteiger partial charge in [-0.15, -0.1) is 11.8 Å². The molecule has 1 unspecified atom stereocenters. The molecule has 2 N–H and O–H groups in total. The van der Waals surface area contributed by atoms with E-state index in [0.717, 1.165) is 25.7 Å². The molecule has 1 saturated heterocycles. The first kappa shape index (κ1) is 22.9. The molecule has 2 aromatic carbocycles. The van der Waals surface area contributed by atoms with Crippen LogP contribution in [0.4, 0.5) is 11.4 Å². The molecule has 0 radical (unpaired) electrons. The number of halogens is 1. The number of sulfonamides is 1. The van der Waals surface area contributed by atoms with Gasteiger partial charge in [0.2, 0.25) is 11.8 Å². The Morgan fingerprint density at radius 1 is 1.12 bits per heavy atom. The zero-order valence-electron chi connectivity index (χ0n) is 17.6. The number of carbonyl (C=O) groups excluding carboxylic acids is 2. The van der Waals surface area contributed by atoms with Crippen LogP contribution in [0.15, 0.2) is 46.2 Å². The minimum atomic E-state index is -3.88. The molecule has 0 spiro atoms. The van der Waals surface area contributed by atoms with Gasteiger partial charge in [0.25, 0.3) is 10.0 Å². The number of amides is 2. The third kappa shape index (κ3) is 4.89. The first-order valence-corrected chi connectivity index (χ1v) is 13.2. The van der Waals surface area contributed by atoms with Crippen molar-refractivity contribution in [3.05, 3.63) is 47.0 Å². The molecule has 2 heterocycles. The molecule has 2 aromatic rings. The van der Waals surface area contributed by atoms with Crippen molar-refractivity contribution in [2.24, 2.45) is 0 Å². The van der Waals surface area contributed by atoms with E-state index < -0.39 is 21.2 Å². The molecule has 32 heavy (non-hydrogen) atoms. The fourth-order valence-electron chi connectivity index (χ4n) is 3.82. The first-order valence-electron chi connectivity index (χ1n) is 10.4. The van der Waals surface area contributed by atoms with Gasteiger partial charge in [-0.1, -0.05) is 24.4 Å². The Bertz CT molecular complexity index is 1160. The van der Waals surface area contributed by atoms with Crippen LogP contribution in [0.5, 0.6) is 0 Å². The standard InChI is InChI=1S/C22H24ClN3O4S2/c1-14-12-15(23)6-8-17(14)25-32(29,30)16-7-9-19-18(13-16)24-21(27)20(31-19)22(28)26-10-4-2-3-5-11-26/h6-9,12-13,20,25H,2-5,10-11H2,1H3,(H,24,27). The number of benzene rings is 2. The van der Waals surface area contributed by atoms with Crippen LogP contribution >= 0.6 is 23.4 Å². The Balaban J connectivity index is 1.53. The summed E-state index contributed by atoms with van der Waals surface area (Å²) in [6.45, 7) is 3.10. The lowest BCUT2D eigenvalue weighted by molar-refractivity contribution is -0.133. The van der Waals surface area contributed by atoms with E-state index in [-0.39, 0.29) is 10.8 Å². The van der Waals surface area contributed by atoms with Crippen molar-refractivity contribution < 1.29 is 18.0 Å². The lowest BCUT2D eigenvalue weighted by Crippen LogP contribution is -2.45. The predicted molar refractivity (Wildman–Crippen MR) is 127 cm³/mol. The summed E-state index contributed by atoms with van der Waals surface area (Å²) in [6.07, 6.45) is 4.08. The number of thioether (sulfide) groups is 1. The minimum Gasteiger partial charge on any atom is -0.341 e. The summed E-state index contributed by atoms with van der Waals surface area (Å²) in [5, 5.41) is 2.38. The van der Waals surface area contributed by atoms with Gasteiger partial charge >= 0.3 is 0 Å². The second-order valence-electron chi connectivity index (χ2n) is 7.95. The molecule has 2 aliphatic heterocycles. The van der Waals surface area contributed by atoms with Crippen LogP contribution in [0.25, 0.3) is 0 Å². The van der Waals surface area contributed by atoms with Gasteiger partial charge in [-0.25, -0.2) is 8.42 Å². The average molecular weight is 494 g/mol. The largest absolute Gasteiger partial charge is 0.341 e. The van der Waals surface area contributed by atoms with E-state index in [2.05, 4.69) is 10.0 Å². The van der Waals surface area contributed by atoms with E-state index in [9.17, 15) is 18.0 Å². The van der Waals surface area contributed by atoms with Crippen LogP contribution in [0.3, 0.4) is 0 Å². The molecular formula is C22H24ClN3O4S2. The number of fused-ring (bicyclic) bond motifs is 1. The fourth-order valence-corrected chi connectivity index (χ4v) is 6.26. The molecule has 7 nitrogen and oxygen atoms in total. The topological polar surface area (TPSA) is 95.6 Å². The lowest BCUT2D eigenvalue weighted by atomic mass is 10.2. The Morgan fingerprint density at radius 2 is 1.84 bits per heavy atom. The molecule has 10 heteroatoms. The van der Waals surface area contributed by atoms with Crippen molar-refractivity contribution in [3.8, 4) is 0 Å². The third-order valence-electron chi connectivity index (χ3n) is 5.58. The van der Waals surface area contributed by atoms with Crippen molar-refractivity contribution in [3.63, 3.8) is 0 Å². The molecule has 0 saturated carbocycles. The summed E-state index contributed by atoms with van der Waals surface area (Å²) in [5.74, 6) is -0.607. The Hall–Kier alpha value is -2.23. The van der Waals surface area contributed by atoms with E-state index in [1.807, 2.05) is 0 Å². The predicted octanol–water partition coefficient (Wildman–Crippen LogP) is 4.26. The number of likely N-dealkylation sites (tertiary alicyclic amines) is 1. The quantitative estimate of drug-likeness (QED) is 0.620. The maximum Gasteiger partial charge on any atom is 0.261 e. The number of hydrogen-bond donors (Lipinski definition) is 2. The molecule has 1 fully saturated rings. The normalized spacial score (nSPS) is 19.0. The molecule has 2 amide bonds. The van der Waals surface area contributed by atoms with Crippen molar-refractivity contribution in [2.45, 2.75) is 47.6 Å². The molecule has 170 valence electrons. The van der Waals surface area contributed by atoms with Crippen LogP contribution < -0.4 is 10.0 Å². The number of nitrogens with one attached hydrogen (secondary N) is 2. The Labute approximate surface area is 196 Å². The Morgan fingerprint density at radius 3 is 2.53 bits per heavy atom. The minimum absolute atomic E-state index is 0.0174. The van der Waals surface area contributed by atoms with Gasteiger partial charge in [0.05, 0.1) is 16.3 Å². The summed E-state index contributed by atoms with van der Waals surface area (Å²) in [5.41, 5.74) is 1.50. The highest BCUT2D eigenvalue weighted by Gasteiger charge is 2.36. The molecule has 0 aromatic heterocycles. The smallest absolute Gasteiger partial charge is 0.261 e. The van der Waals surface area contributed by atoms with Crippen molar-refractivity contribution in [1.29, 1.82) is 0 Å². The monoisotopic (exact) mass is 493 g/mol. The van der Waals surface area contributed by atoms with Gasteiger partial charge in [-0.3, -0.25) is 14.3 Å². The maximum absolute atomic E-state index is 12.9. The van der Waals surface area contributed by atoms with Crippen LogP contribution in [0.1, 0.15) is 31.2 Å². The third-order valence-corrected chi connectivity index (χ3v) is 8.44. The van der Waals surface area contributed by atoms with Crippen LogP contribution in [0, 0.1) is 6.92 Å². The van der Waals surface area contributed by atoms with Gasteiger partial charge < -0.3 is 10.2 Å². The van der Waals surface area contributed by atoms with Crippen LogP contribution in [0.2, 0.25) is 5.02 Å². The second-order valence-corrected chi connectivity index (χ2v) is 11.2. The summed E-state index contributed by atoms with van der Waals surface area (Å²) in [7, 11) is -3.88. The van der Waals surface area contributed by atoms with E-state index in [0.29, 0.717) is 39.9 Å². The summed E-state index contributed by atoms with van der Waals surface area (Å²) in [4.78, 5) is 28.1. The van der Waals surface area contributed by atoms with Gasteiger partial charge in [0.1, 0.15) is 0 Å². The zero-order valence-corrected chi connectivity index (χ0v) is 19.9. The number of carbonyl (C=O) groups is 2. The number of nitrogens with zero attached hydrogens (tertiary/aromatic N) is 1. The molecule has 4 rings (SSSR count). The van der Waals surface area contributed by atoms with Gasteiger partial charge in [-0.2, -0.15) is 0 Å². The zero-order chi connectivity index (χ0) is 22.9. The van der Waals surface area contributed by atoms with Crippen LogP contribution in [-0.2, 0) is 19.6 Å². The second kappa shape index (κ2) is 9.33. The van der Waals surface area contributed by atoms with Crippen molar-refractivity contribution in [1.82, 2.24) is 4.90 Å². The summed E-state index contributed by atoms with van der Waals surface area (Å²) >= 11 is 7.11. The maximum atomic E-state index is 12.9. The molecule has 0 bridgehead atoms. The van der Waals surface area contributed by atoms with Crippen molar-refractivity contribution in [2.75, 3.05) is 23.1 Å². The summed E-state index contributed by atoms with van der Waals surface area (Å²) < 4.78 is 28.3. The van der Waals surface area contributed by atoms with E-state index >= 15 is 0 Å². The number of hydrogen-bond acceptors (Lipinski definition) is 5. The molecule has 0 aliphatic carbocycles. The fraction of sp³-hybridized carbons (Fsp3) is 0.364. The highest BCUT2D eigenvalue weighted by atomic mass is 35.5. The first-order chi connectivity index (χ1) is 15.2.